The van der Waals surface area contributed by atoms with Gasteiger partial charge in [0.2, 0.25) is 5.91 Å². The van der Waals surface area contributed by atoms with Gasteiger partial charge < -0.3 is 20.1 Å². The molecule has 41 heavy (non-hydrogen) atoms. The van der Waals surface area contributed by atoms with Crippen molar-refractivity contribution in [3.8, 4) is 5.75 Å². The molecular formula is C27H24ClFN8O4. The first-order valence-corrected chi connectivity index (χ1v) is 13.2. The summed E-state index contributed by atoms with van der Waals surface area (Å²) in [4.78, 5) is 33.7. The van der Waals surface area contributed by atoms with Crippen LogP contribution in [0.3, 0.4) is 0 Å². The number of rotatable bonds is 8. The van der Waals surface area contributed by atoms with E-state index < -0.39 is 11.8 Å². The molecule has 0 radical (unpaired) electrons. The monoisotopic (exact) mass is 578 g/mol. The zero-order chi connectivity index (χ0) is 28.3. The fourth-order valence-electron chi connectivity index (χ4n) is 4.47. The third-order valence-electron chi connectivity index (χ3n) is 6.60. The van der Waals surface area contributed by atoms with Gasteiger partial charge in [-0.05, 0) is 36.4 Å². The Morgan fingerprint density at radius 3 is 2.80 bits per heavy atom. The third kappa shape index (κ3) is 5.95. The molecule has 3 amide bonds. The average molecular weight is 579 g/mol. The lowest BCUT2D eigenvalue weighted by atomic mass is 10.1. The number of urea groups is 1. The quantitative estimate of drug-likeness (QED) is 0.278. The van der Waals surface area contributed by atoms with Gasteiger partial charge in [-0.2, -0.15) is 5.10 Å². The van der Waals surface area contributed by atoms with Gasteiger partial charge in [-0.15, -0.1) is 5.10 Å². The Kier molecular flexibility index (Phi) is 7.44. The predicted octanol–water partition coefficient (Wildman–Crippen LogP) is 4.18. The summed E-state index contributed by atoms with van der Waals surface area (Å²) in [5, 5.41) is 17.9. The zero-order valence-corrected chi connectivity index (χ0v) is 22.3. The van der Waals surface area contributed by atoms with E-state index in [9.17, 15) is 14.0 Å². The number of fused-ring (bicyclic) bond motifs is 1. The summed E-state index contributed by atoms with van der Waals surface area (Å²) >= 11 is 5.96. The molecule has 0 spiro atoms. The lowest BCUT2D eigenvalue weighted by Crippen LogP contribution is -2.50. The van der Waals surface area contributed by atoms with Crippen LogP contribution in [-0.4, -0.2) is 58.0 Å². The summed E-state index contributed by atoms with van der Waals surface area (Å²) in [6.45, 7) is 1.65. The summed E-state index contributed by atoms with van der Waals surface area (Å²) in [5.74, 6) is 0.603. The molecule has 6 rings (SSSR count). The molecule has 0 saturated carbocycles. The molecule has 14 heteroatoms. The van der Waals surface area contributed by atoms with E-state index in [1.807, 2.05) is 12.1 Å². The van der Waals surface area contributed by atoms with Crippen LogP contribution in [0.2, 0.25) is 5.02 Å². The van der Waals surface area contributed by atoms with E-state index in [0.717, 1.165) is 6.42 Å². The smallest absolute Gasteiger partial charge is 0.329 e. The number of anilines is 4. The predicted molar refractivity (Wildman–Crippen MR) is 149 cm³/mol. The molecule has 2 aliphatic heterocycles. The molecule has 4 aromatic rings. The van der Waals surface area contributed by atoms with E-state index in [1.54, 1.807) is 18.2 Å². The maximum atomic E-state index is 13.7. The minimum atomic E-state index is -0.523. The fourth-order valence-corrected chi connectivity index (χ4v) is 4.66. The number of ether oxygens (including phenoxy) is 2. The second-order valence-electron chi connectivity index (χ2n) is 9.44. The van der Waals surface area contributed by atoms with Crippen LogP contribution >= 0.6 is 11.6 Å². The highest BCUT2D eigenvalue weighted by molar-refractivity contribution is 6.31. The second-order valence-corrected chi connectivity index (χ2v) is 9.84. The Hall–Kier alpha value is -4.62. The Bertz CT molecular complexity index is 1620. The highest BCUT2D eigenvalue weighted by Crippen LogP contribution is 2.35. The molecule has 2 aliphatic rings. The number of nitrogens with one attached hydrogen (secondary N) is 3. The van der Waals surface area contributed by atoms with Crippen molar-refractivity contribution in [3.63, 3.8) is 0 Å². The first-order valence-electron chi connectivity index (χ1n) is 12.9. The summed E-state index contributed by atoms with van der Waals surface area (Å²) in [7, 11) is 0. The Morgan fingerprint density at radius 1 is 1.15 bits per heavy atom. The van der Waals surface area contributed by atoms with Gasteiger partial charge in [0.15, 0.2) is 5.82 Å². The van der Waals surface area contributed by atoms with Crippen molar-refractivity contribution >= 4 is 57.5 Å². The number of amides is 3. The molecule has 0 bridgehead atoms. The number of hydrogen-bond acceptors (Lipinski definition) is 10. The number of hydrogen-bond donors (Lipinski definition) is 3. The van der Waals surface area contributed by atoms with E-state index in [2.05, 4.69) is 36.1 Å². The van der Waals surface area contributed by atoms with Crippen LogP contribution in [-0.2, 0) is 16.1 Å². The molecule has 4 heterocycles. The van der Waals surface area contributed by atoms with Gasteiger partial charge in [-0.1, -0.05) is 11.6 Å². The summed E-state index contributed by atoms with van der Waals surface area (Å²) in [6, 6.07) is 10.9. The van der Waals surface area contributed by atoms with Gasteiger partial charge in [-0.3, -0.25) is 15.0 Å². The molecule has 1 atom stereocenters. The first kappa shape index (κ1) is 26.6. The molecular weight excluding hydrogens is 555 g/mol. The minimum Gasteiger partial charge on any atom is -0.486 e. The average Bonchev–Trinajstić information content (AvgIpc) is 3.48. The number of halogens is 2. The van der Waals surface area contributed by atoms with Crippen LogP contribution < -0.4 is 25.6 Å². The highest BCUT2D eigenvalue weighted by atomic mass is 35.5. The lowest BCUT2D eigenvalue weighted by molar-refractivity contribution is -0.120. The van der Waals surface area contributed by atoms with E-state index in [0.29, 0.717) is 65.1 Å². The largest absolute Gasteiger partial charge is 0.486 e. The van der Waals surface area contributed by atoms with E-state index in [4.69, 9.17) is 21.1 Å². The van der Waals surface area contributed by atoms with Crippen LogP contribution in [0.4, 0.5) is 32.2 Å². The molecule has 2 fully saturated rings. The van der Waals surface area contributed by atoms with Crippen molar-refractivity contribution in [1.82, 2.24) is 25.5 Å². The van der Waals surface area contributed by atoms with Gasteiger partial charge >= 0.3 is 6.03 Å². The maximum Gasteiger partial charge on any atom is 0.329 e. The fraction of sp³-hybridized carbons (Fsp3) is 0.259. The molecule has 0 unspecified atom stereocenters. The van der Waals surface area contributed by atoms with Gasteiger partial charge in [0.05, 0.1) is 41.7 Å². The molecule has 2 saturated heterocycles. The van der Waals surface area contributed by atoms with Crippen molar-refractivity contribution in [2.45, 2.75) is 25.5 Å². The van der Waals surface area contributed by atoms with Crippen molar-refractivity contribution < 1.29 is 23.5 Å². The van der Waals surface area contributed by atoms with Gasteiger partial charge in [-0.25, -0.2) is 19.2 Å². The van der Waals surface area contributed by atoms with Gasteiger partial charge in [0.1, 0.15) is 29.8 Å². The summed E-state index contributed by atoms with van der Waals surface area (Å²) < 4.78 is 25.4. The third-order valence-corrected chi connectivity index (χ3v) is 6.89. The van der Waals surface area contributed by atoms with E-state index >= 15 is 0 Å². The molecule has 12 nitrogen and oxygen atoms in total. The Labute approximate surface area is 238 Å². The maximum absolute atomic E-state index is 13.7. The SMILES string of the molecule is O=C1CCN(c2ccc(CNc3cc4c(Nc5ccc(F)c(Cl)c5)ncnc4cc3O[C@H]3CCOC3)nn2)C(=O)N1. The van der Waals surface area contributed by atoms with E-state index in [-0.39, 0.29) is 30.0 Å². The molecule has 0 aliphatic carbocycles. The Balaban J connectivity index is 1.26. The first-order chi connectivity index (χ1) is 19.9. The summed E-state index contributed by atoms with van der Waals surface area (Å²) in [6.07, 6.45) is 2.29. The standard InChI is InChI=1S/C27H24ClFN8O4/c28-19-9-15(1-3-20(19)29)33-26-18-10-22(23(11-21(18)31-14-32-26)41-17-6-8-40-13-17)30-12-16-2-4-24(36-35-16)37-7-5-25(38)34-27(37)39/h1-4,9-11,14,17,30H,5-8,12-13H2,(H,31,32,33)(H,34,38,39)/t17-/m0/s1. The topological polar surface area (TPSA) is 143 Å². The van der Waals surface area contributed by atoms with Crippen LogP contribution in [0.5, 0.6) is 5.75 Å². The molecule has 3 N–H and O–H groups in total. The minimum absolute atomic E-state index is 0.00767. The number of imide groups is 1. The second kappa shape index (κ2) is 11.5. The van der Waals surface area contributed by atoms with Crippen LogP contribution in [0.15, 0.2) is 48.8 Å². The normalized spacial score (nSPS) is 17.0. The number of carbonyl (C=O) groups is 2. The number of nitrogens with zero attached hydrogens (tertiary/aromatic N) is 5. The van der Waals surface area contributed by atoms with Crippen molar-refractivity contribution in [2.24, 2.45) is 0 Å². The van der Waals surface area contributed by atoms with Gasteiger partial charge in [0.25, 0.3) is 0 Å². The van der Waals surface area contributed by atoms with E-state index in [1.165, 1.54) is 23.4 Å². The number of carbonyl (C=O) groups excluding carboxylic acids is 2. The van der Waals surface area contributed by atoms with Crippen LogP contribution in [0.1, 0.15) is 18.5 Å². The van der Waals surface area contributed by atoms with Crippen molar-refractivity contribution in [3.05, 3.63) is 65.3 Å². The van der Waals surface area contributed by atoms with Crippen molar-refractivity contribution in [1.29, 1.82) is 0 Å². The van der Waals surface area contributed by atoms with Crippen molar-refractivity contribution in [2.75, 3.05) is 35.3 Å². The molecule has 2 aromatic carbocycles. The Morgan fingerprint density at radius 2 is 2.05 bits per heavy atom. The number of benzene rings is 2. The molecule has 210 valence electrons. The summed E-state index contributed by atoms with van der Waals surface area (Å²) in [5.41, 5.74) is 2.48. The van der Waals surface area contributed by atoms with Crippen LogP contribution in [0.25, 0.3) is 10.9 Å². The number of aromatic nitrogens is 4. The zero-order valence-electron chi connectivity index (χ0n) is 21.6. The van der Waals surface area contributed by atoms with Crippen LogP contribution in [0, 0.1) is 5.82 Å². The lowest BCUT2D eigenvalue weighted by Gasteiger charge is -2.25. The molecule has 2 aromatic heterocycles. The highest BCUT2D eigenvalue weighted by Gasteiger charge is 2.25. The van der Waals surface area contributed by atoms with Gasteiger partial charge in [0, 0.05) is 36.5 Å².